The first-order valence-electron chi connectivity index (χ1n) is 12.5. The number of rotatable bonds is 12. The Morgan fingerprint density at radius 2 is 2.05 bits per heavy atom. The summed E-state index contributed by atoms with van der Waals surface area (Å²) < 4.78 is 1.32. The van der Waals surface area contributed by atoms with Crippen molar-refractivity contribution in [3.05, 3.63) is 27.9 Å². The minimum atomic E-state index is -1.30. The number of oxime groups is 1. The molecule has 2 aliphatic heterocycles. The molecule has 2 amide bonds. The molecule has 0 bridgehead atoms. The van der Waals surface area contributed by atoms with E-state index < -0.39 is 41.3 Å². The highest BCUT2D eigenvalue weighted by molar-refractivity contribution is 8.01. The highest BCUT2D eigenvalue weighted by atomic mass is 32.2. The van der Waals surface area contributed by atoms with E-state index in [0.29, 0.717) is 22.1 Å². The van der Waals surface area contributed by atoms with E-state index >= 15 is 0 Å². The Labute approximate surface area is 256 Å². The Hall–Kier alpha value is -4.30. The number of nitrogens with zero attached hydrogens (tertiary/aromatic N) is 5. The van der Waals surface area contributed by atoms with Crippen LogP contribution in [0, 0.1) is 6.92 Å². The van der Waals surface area contributed by atoms with Gasteiger partial charge in [-0.1, -0.05) is 10.1 Å². The number of amides is 2. The number of thiazole rings is 1. The number of aliphatic carboxylic acids is 2. The first-order chi connectivity index (χ1) is 20.3. The standard InChI is InChI=1S/C23H28N10O7S3/c1-8(4-12(34)35)40-31-13(11-7-42-22(25)28-11)18(36)29-14-19(37)32-15(21(38)39)10(5-41-20(14)32)6-43-23-30-16(24)9(2)17(27-3)33(23)26/h7-8,14,20H,4-6,26H2,1-3H3,(H7,24,25,27,28,29,34,35,36,38,39)/p+1/b31-13-/t8?,14?,20-/m1/s1. The van der Waals surface area contributed by atoms with Gasteiger partial charge in [-0.3, -0.25) is 25.1 Å². The first kappa shape index (κ1) is 31.6. The number of hydrogen-bond donors (Lipinski definition) is 7. The van der Waals surface area contributed by atoms with Crippen molar-refractivity contribution < 1.29 is 38.9 Å². The summed E-state index contributed by atoms with van der Waals surface area (Å²) in [5.74, 6) is 3.50. The Balaban J connectivity index is 1.52. The van der Waals surface area contributed by atoms with E-state index in [1.807, 2.05) is 0 Å². The molecule has 0 aliphatic carbocycles. The zero-order chi connectivity index (χ0) is 31.6. The molecule has 4 rings (SSSR count). The fourth-order valence-corrected chi connectivity index (χ4v) is 7.19. The van der Waals surface area contributed by atoms with Crippen LogP contribution in [0.25, 0.3) is 0 Å². The number of carbonyl (C=O) groups excluding carboxylic acids is 2. The van der Waals surface area contributed by atoms with Crippen LogP contribution in [-0.2, 0) is 24.0 Å². The van der Waals surface area contributed by atoms with Gasteiger partial charge in [0.15, 0.2) is 10.8 Å². The Bertz CT molecular complexity index is 1550. The molecule has 1 saturated heterocycles. The summed E-state index contributed by atoms with van der Waals surface area (Å²) in [5, 5.41) is 29.6. The van der Waals surface area contributed by atoms with Crippen LogP contribution in [0.5, 0.6) is 0 Å². The SMILES string of the molecule is CNc1c(C)c(N)nc(SCC2=C(C(=O)O)N3C(=O)C(NC(=O)/C(=N\OC(C)CC(=O)O)c4csc(N)n4)[C@H]3SC2)[n+]1N. The summed E-state index contributed by atoms with van der Waals surface area (Å²) in [6.07, 6.45) is -1.23. The van der Waals surface area contributed by atoms with Gasteiger partial charge in [0, 0.05) is 23.9 Å². The average Bonchev–Trinajstić information content (AvgIpc) is 3.37. The lowest BCUT2D eigenvalue weighted by Gasteiger charge is -2.49. The molecule has 4 heterocycles. The van der Waals surface area contributed by atoms with E-state index in [9.17, 15) is 24.3 Å². The molecule has 1 fully saturated rings. The Kier molecular flexibility index (Phi) is 9.50. The number of nitrogen functional groups attached to an aromatic ring is 3. The molecule has 3 atom stereocenters. The summed E-state index contributed by atoms with van der Waals surface area (Å²) in [6.45, 7) is 3.22. The number of carboxylic acids is 2. The van der Waals surface area contributed by atoms with Crippen molar-refractivity contribution in [2.45, 2.75) is 42.9 Å². The van der Waals surface area contributed by atoms with Gasteiger partial charge in [-0.15, -0.1) is 27.8 Å². The van der Waals surface area contributed by atoms with E-state index in [-0.39, 0.29) is 46.0 Å². The van der Waals surface area contributed by atoms with Gasteiger partial charge in [0.05, 0.1) is 12.0 Å². The van der Waals surface area contributed by atoms with Crippen molar-refractivity contribution in [2.75, 3.05) is 41.2 Å². The van der Waals surface area contributed by atoms with Crippen molar-refractivity contribution in [1.29, 1.82) is 0 Å². The van der Waals surface area contributed by atoms with Gasteiger partial charge < -0.3 is 37.2 Å². The number of nitrogens with one attached hydrogen (secondary N) is 2. The van der Waals surface area contributed by atoms with E-state index in [1.165, 1.54) is 28.7 Å². The average molecular weight is 654 g/mol. The molecule has 2 unspecified atom stereocenters. The molecule has 2 aromatic heterocycles. The third kappa shape index (κ3) is 6.54. The smallest absolute Gasteiger partial charge is 0.352 e. The van der Waals surface area contributed by atoms with Crippen LogP contribution in [0.4, 0.5) is 16.8 Å². The summed E-state index contributed by atoms with van der Waals surface area (Å²) >= 11 is 3.48. The maximum atomic E-state index is 13.2. The third-order valence-electron chi connectivity index (χ3n) is 6.32. The van der Waals surface area contributed by atoms with Crippen molar-refractivity contribution in [2.24, 2.45) is 5.16 Å². The molecule has 43 heavy (non-hydrogen) atoms. The van der Waals surface area contributed by atoms with Crippen molar-refractivity contribution in [3.63, 3.8) is 0 Å². The predicted molar refractivity (Wildman–Crippen MR) is 160 cm³/mol. The zero-order valence-corrected chi connectivity index (χ0v) is 25.5. The number of hydrogen-bond acceptors (Lipinski definition) is 15. The minimum Gasteiger partial charge on any atom is -0.481 e. The number of aromatic nitrogens is 3. The van der Waals surface area contributed by atoms with E-state index in [1.54, 1.807) is 14.0 Å². The van der Waals surface area contributed by atoms with E-state index in [4.69, 9.17) is 27.3 Å². The summed E-state index contributed by atoms with van der Waals surface area (Å²) in [6, 6.07) is -1.07. The number of thioether (sulfide) groups is 2. The molecular weight excluding hydrogens is 625 g/mol. The van der Waals surface area contributed by atoms with Gasteiger partial charge >= 0.3 is 17.1 Å². The largest absolute Gasteiger partial charge is 0.481 e. The normalized spacial score (nSPS) is 18.9. The molecule has 2 aromatic rings. The maximum absolute atomic E-state index is 13.2. The first-order valence-corrected chi connectivity index (χ1v) is 15.4. The van der Waals surface area contributed by atoms with Gasteiger partial charge in [-0.2, -0.15) is 0 Å². The lowest BCUT2D eigenvalue weighted by Crippen LogP contribution is -2.71. The molecule has 0 radical (unpaired) electrons. The molecule has 230 valence electrons. The van der Waals surface area contributed by atoms with Crippen LogP contribution in [0.15, 0.2) is 27.0 Å². The van der Waals surface area contributed by atoms with Crippen LogP contribution < -0.4 is 32.6 Å². The van der Waals surface area contributed by atoms with Gasteiger partial charge in [0.2, 0.25) is 5.82 Å². The Morgan fingerprint density at radius 1 is 1.33 bits per heavy atom. The molecule has 10 N–H and O–H groups in total. The zero-order valence-electron chi connectivity index (χ0n) is 23.1. The van der Waals surface area contributed by atoms with Gasteiger partial charge in [0.1, 0.15) is 28.9 Å². The van der Waals surface area contributed by atoms with Crippen LogP contribution >= 0.6 is 34.9 Å². The number of fused-ring (bicyclic) bond motifs is 1. The fourth-order valence-electron chi connectivity index (χ4n) is 4.23. The van der Waals surface area contributed by atoms with Crippen LogP contribution in [-0.4, -0.2) is 90.6 Å². The predicted octanol–water partition coefficient (Wildman–Crippen LogP) is -0.831. The highest BCUT2D eigenvalue weighted by Gasteiger charge is 2.54. The van der Waals surface area contributed by atoms with E-state index in [2.05, 4.69) is 25.8 Å². The number of nitrogens with two attached hydrogens (primary N) is 3. The maximum Gasteiger partial charge on any atom is 0.352 e. The summed E-state index contributed by atoms with van der Waals surface area (Å²) in [4.78, 5) is 64.3. The molecule has 0 aromatic carbocycles. The van der Waals surface area contributed by atoms with Crippen LogP contribution in [0.3, 0.4) is 0 Å². The number of anilines is 3. The molecule has 0 saturated carbocycles. The van der Waals surface area contributed by atoms with Crippen LogP contribution in [0.1, 0.15) is 24.6 Å². The number of β-lactam (4-membered cyclic amide) rings is 1. The summed E-state index contributed by atoms with van der Waals surface area (Å²) in [7, 11) is 1.68. The molecule has 20 heteroatoms. The highest BCUT2D eigenvalue weighted by Crippen LogP contribution is 2.41. The van der Waals surface area contributed by atoms with Crippen molar-refractivity contribution in [3.8, 4) is 0 Å². The van der Waals surface area contributed by atoms with Gasteiger partial charge in [-0.05, 0) is 31.2 Å². The van der Waals surface area contributed by atoms with Crippen molar-refractivity contribution >= 4 is 81.1 Å². The van der Waals surface area contributed by atoms with E-state index in [0.717, 1.165) is 28.0 Å². The minimum absolute atomic E-state index is 0.0665. The number of carbonyl (C=O) groups is 4. The topological polar surface area (TPSA) is 265 Å². The monoisotopic (exact) mass is 653 g/mol. The quantitative estimate of drug-likeness (QED) is 0.0280. The molecule has 17 nitrogen and oxygen atoms in total. The molecule has 0 spiro atoms. The van der Waals surface area contributed by atoms with Gasteiger partial charge in [0.25, 0.3) is 17.6 Å². The summed E-state index contributed by atoms with van der Waals surface area (Å²) in [5.41, 5.74) is 12.4. The third-order valence-corrected chi connectivity index (χ3v) is 9.37. The van der Waals surface area contributed by atoms with Crippen LogP contribution in [0.2, 0.25) is 0 Å². The molecule has 2 aliphatic rings. The number of carboxylic acid groups (broad SMARTS) is 2. The second-order valence-electron chi connectivity index (χ2n) is 9.30. The second-order valence-corrected chi connectivity index (χ2v) is 12.2. The lowest BCUT2D eigenvalue weighted by atomic mass is 10.0. The van der Waals surface area contributed by atoms with Gasteiger partial charge in [-0.25, -0.2) is 9.78 Å². The Morgan fingerprint density at radius 3 is 2.65 bits per heavy atom. The second kappa shape index (κ2) is 12.9. The molecular formula is C23H29N10O7S3+. The van der Waals surface area contributed by atoms with Crippen molar-refractivity contribution in [1.82, 2.24) is 20.2 Å². The fraction of sp³-hybridized carbons (Fsp3) is 0.391. The lowest BCUT2D eigenvalue weighted by molar-refractivity contribution is -0.668.